The molecular formula is C15H19N3O3. The number of nitrogens with zero attached hydrogens (tertiary/aromatic N) is 2. The van der Waals surface area contributed by atoms with E-state index in [4.69, 9.17) is 10.8 Å². The van der Waals surface area contributed by atoms with E-state index in [1.165, 1.54) is 0 Å². The number of carbonyl (C=O) groups is 1. The Kier molecular flexibility index (Phi) is 4.40. The van der Waals surface area contributed by atoms with Crippen LogP contribution in [-0.4, -0.2) is 38.6 Å². The molecule has 2 rings (SSSR count). The van der Waals surface area contributed by atoms with E-state index < -0.39 is 12.0 Å². The fourth-order valence-corrected chi connectivity index (χ4v) is 2.14. The quantitative estimate of drug-likeness (QED) is 0.751. The van der Waals surface area contributed by atoms with Gasteiger partial charge < -0.3 is 15.9 Å². The Balaban J connectivity index is 2.37. The van der Waals surface area contributed by atoms with E-state index in [2.05, 4.69) is 5.10 Å². The lowest BCUT2D eigenvalue weighted by Crippen LogP contribution is -2.21. The maximum Gasteiger partial charge on any atom is 0.248 e. The van der Waals surface area contributed by atoms with E-state index in [0.717, 1.165) is 16.8 Å². The summed E-state index contributed by atoms with van der Waals surface area (Å²) >= 11 is 0. The molecule has 0 spiro atoms. The average molecular weight is 289 g/mol. The molecule has 0 saturated carbocycles. The summed E-state index contributed by atoms with van der Waals surface area (Å²) < 4.78 is 1.63. The normalized spacial score (nSPS) is 12.4. The second-order valence-corrected chi connectivity index (χ2v) is 5.08. The molecule has 0 aliphatic rings. The number of aromatic nitrogens is 2. The molecule has 0 unspecified atom stereocenters. The van der Waals surface area contributed by atoms with Gasteiger partial charge in [-0.1, -0.05) is 12.1 Å². The summed E-state index contributed by atoms with van der Waals surface area (Å²) in [6.45, 7) is 3.59. The van der Waals surface area contributed by atoms with Crippen LogP contribution in [0.2, 0.25) is 0 Å². The fourth-order valence-electron chi connectivity index (χ4n) is 2.14. The highest BCUT2D eigenvalue weighted by Gasteiger charge is 2.12. The summed E-state index contributed by atoms with van der Waals surface area (Å²) in [5.41, 5.74) is 8.98. The largest absolute Gasteiger partial charge is 0.394 e. The molecule has 2 aromatic rings. The molecule has 4 N–H and O–H groups in total. The van der Waals surface area contributed by atoms with Gasteiger partial charge in [0.2, 0.25) is 5.91 Å². The van der Waals surface area contributed by atoms with Crippen molar-refractivity contribution in [2.24, 2.45) is 5.73 Å². The molecule has 0 aliphatic heterocycles. The second kappa shape index (κ2) is 6.07. The Morgan fingerprint density at radius 3 is 2.71 bits per heavy atom. The minimum Gasteiger partial charge on any atom is -0.394 e. The number of hydrogen-bond donors (Lipinski definition) is 3. The van der Waals surface area contributed by atoms with Gasteiger partial charge in [-0.3, -0.25) is 9.48 Å². The maximum atomic E-state index is 11.4. The van der Waals surface area contributed by atoms with Crippen LogP contribution in [0.3, 0.4) is 0 Å². The molecule has 1 aromatic carbocycles. The van der Waals surface area contributed by atoms with Gasteiger partial charge in [-0.15, -0.1) is 0 Å². The van der Waals surface area contributed by atoms with E-state index in [-0.39, 0.29) is 13.2 Å². The molecule has 0 saturated heterocycles. The first-order valence-electron chi connectivity index (χ1n) is 6.66. The number of amides is 1. The van der Waals surface area contributed by atoms with Gasteiger partial charge in [0.1, 0.15) is 0 Å². The summed E-state index contributed by atoms with van der Waals surface area (Å²) in [6.07, 6.45) is -0.851. The Morgan fingerprint density at radius 1 is 1.38 bits per heavy atom. The van der Waals surface area contributed by atoms with E-state index in [9.17, 15) is 9.90 Å². The van der Waals surface area contributed by atoms with E-state index in [1.54, 1.807) is 10.7 Å². The highest BCUT2D eigenvalue weighted by Crippen LogP contribution is 2.22. The number of aliphatic hydroxyl groups is 2. The van der Waals surface area contributed by atoms with Crippen LogP contribution >= 0.6 is 0 Å². The number of rotatable bonds is 5. The molecule has 1 aromatic heterocycles. The number of nitrogens with two attached hydrogens (primary N) is 1. The summed E-state index contributed by atoms with van der Waals surface area (Å²) in [6, 6.07) is 7.27. The molecule has 0 radical (unpaired) electrons. The highest BCUT2D eigenvalue weighted by molar-refractivity contribution is 5.95. The van der Waals surface area contributed by atoms with Gasteiger partial charge in [0, 0.05) is 16.8 Å². The predicted octanol–water partition coefficient (Wildman–Crippen LogP) is 0.619. The molecule has 1 atom stereocenters. The summed E-state index contributed by atoms with van der Waals surface area (Å²) in [7, 11) is 0. The minimum atomic E-state index is -0.851. The van der Waals surface area contributed by atoms with Crippen LogP contribution in [0.25, 0.3) is 11.3 Å². The molecule has 6 heteroatoms. The Bertz CT molecular complexity index is 664. The second-order valence-electron chi connectivity index (χ2n) is 5.08. The smallest absolute Gasteiger partial charge is 0.248 e. The van der Waals surface area contributed by atoms with E-state index >= 15 is 0 Å². The standard InChI is InChI=1S/C15H19N3O3/c1-9-3-4-11(6-13(9)15(16)21)14-5-10(2)18(17-14)7-12(20)8-19/h3-6,12,19-20H,7-8H2,1-2H3,(H2,16,21)/t12-/m0/s1. The summed E-state index contributed by atoms with van der Waals surface area (Å²) in [5.74, 6) is -0.471. The highest BCUT2D eigenvalue weighted by atomic mass is 16.3. The third-order valence-electron chi connectivity index (χ3n) is 3.37. The van der Waals surface area contributed by atoms with Crippen LogP contribution < -0.4 is 5.73 Å². The third kappa shape index (κ3) is 3.29. The van der Waals surface area contributed by atoms with Crippen molar-refractivity contribution in [3.05, 3.63) is 41.1 Å². The molecule has 21 heavy (non-hydrogen) atoms. The van der Waals surface area contributed by atoms with Crippen LogP contribution in [0.4, 0.5) is 0 Å². The minimum absolute atomic E-state index is 0.219. The number of hydrogen-bond acceptors (Lipinski definition) is 4. The maximum absolute atomic E-state index is 11.4. The zero-order chi connectivity index (χ0) is 15.6. The van der Waals surface area contributed by atoms with Crippen LogP contribution in [0.1, 0.15) is 21.6 Å². The van der Waals surface area contributed by atoms with Crippen molar-refractivity contribution in [1.82, 2.24) is 9.78 Å². The lowest BCUT2D eigenvalue weighted by molar-refractivity contribution is 0.0778. The van der Waals surface area contributed by atoms with Gasteiger partial charge in [-0.05, 0) is 31.5 Å². The first-order chi connectivity index (χ1) is 9.92. The topological polar surface area (TPSA) is 101 Å². The van der Waals surface area contributed by atoms with Crippen molar-refractivity contribution in [3.8, 4) is 11.3 Å². The van der Waals surface area contributed by atoms with Crippen molar-refractivity contribution in [3.63, 3.8) is 0 Å². The van der Waals surface area contributed by atoms with Gasteiger partial charge in [-0.2, -0.15) is 5.10 Å². The molecule has 0 aliphatic carbocycles. The summed E-state index contributed by atoms with van der Waals surface area (Å²) in [4.78, 5) is 11.4. The zero-order valence-electron chi connectivity index (χ0n) is 12.1. The zero-order valence-corrected chi connectivity index (χ0v) is 12.1. The van der Waals surface area contributed by atoms with Crippen LogP contribution in [0, 0.1) is 13.8 Å². The van der Waals surface area contributed by atoms with Crippen molar-refractivity contribution in [1.29, 1.82) is 0 Å². The molecular weight excluding hydrogens is 270 g/mol. The van der Waals surface area contributed by atoms with Gasteiger partial charge in [0.25, 0.3) is 0 Å². The lowest BCUT2D eigenvalue weighted by atomic mass is 10.0. The van der Waals surface area contributed by atoms with Crippen LogP contribution in [0.5, 0.6) is 0 Å². The molecule has 0 bridgehead atoms. The fraction of sp³-hybridized carbons (Fsp3) is 0.333. The molecule has 112 valence electrons. The van der Waals surface area contributed by atoms with Crippen molar-refractivity contribution < 1.29 is 15.0 Å². The Labute approximate surface area is 122 Å². The molecule has 0 fully saturated rings. The average Bonchev–Trinajstić information content (AvgIpc) is 2.80. The monoisotopic (exact) mass is 289 g/mol. The van der Waals surface area contributed by atoms with E-state index in [0.29, 0.717) is 11.3 Å². The Morgan fingerprint density at radius 2 is 2.10 bits per heavy atom. The third-order valence-corrected chi connectivity index (χ3v) is 3.37. The summed E-state index contributed by atoms with van der Waals surface area (Å²) in [5, 5.41) is 22.8. The first kappa shape index (κ1) is 15.2. The number of carbonyl (C=O) groups excluding carboxylic acids is 1. The number of primary amides is 1. The SMILES string of the molecule is Cc1ccc(-c2cc(C)n(C[C@H](O)CO)n2)cc1C(N)=O. The molecule has 6 nitrogen and oxygen atoms in total. The van der Waals surface area contributed by atoms with Crippen molar-refractivity contribution >= 4 is 5.91 Å². The molecule has 1 heterocycles. The predicted molar refractivity (Wildman–Crippen MR) is 78.7 cm³/mol. The first-order valence-corrected chi connectivity index (χ1v) is 6.66. The van der Waals surface area contributed by atoms with Gasteiger partial charge in [0.05, 0.1) is 24.9 Å². The van der Waals surface area contributed by atoms with Gasteiger partial charge in [0.15, 0.2) is 0 Å². The van der Waals surface area contributed by atoms with E-state index in [1.807, 2.05) is 32.0 Å². The van der Waals surface area contributed by atoms with Crippen molar-refractivity contribution in [2.75, 3.05) is 6.61 Å². The Hall–Kier alpha value is -2.18. The van der Waals surface area contributed by atoms with Crippen molar-refractivity contribution in [2.45, 2.75) is 26.5 Å². The van der Waals surface area contributed by atoms with Crippen LogP contribution in [0.15, 0.2) is 24.3 Å². The van der Waals surface area contributed by atoms with Gasteiger partial charge in [-0.25, -0.2) is 0 Å². The number of aryl methyl sites for hydroxylation is 2. The number of aliphatic hydroxyl groups excluding tert-OH is 2. The van der Waals surface area contributed by atoms with Crippen LogP contribution in [-0.2, 0) is 6.54 Å². The lowest BCUT2D eigenvalue weighted by Gasteiger charge is -2.08. The van der Waals surface area contributed by atoms with Gasteiger partial charge >= 0.3 is 0 Å². The molecule has 1 amide bonds. The number of benzene rings is 1.